The topological polar surface area (TPSA) is 98.5 Å². The van der Waals surface area contributed by atoms with E-state index < -0.39 is 10.2 Å². The lowest BCUT2D eigenvalue weighted by Crippen LogP contribution is -2.68. The first-order valence-corrected chi connectivity index (χ1v) is 22.7. The van der Waals surface area contributed by atoms with Gasteiger partial charge in [0.15, 0.2) is 5.71 Å². The summed E-state index contributed by atoms with van der Waals surface area (Å²) < 4.78 is 36.5. The third kappa shape index (κ3) is 7.97. The second-order valence-electron chi connectivity index (χ2n) is 17.4. The number of para-hydroxylation sites is 2. The third-order valence-corrected chi connectivity index (χ3v) is 12.8. The molecular weight excluding hydrogens is 800 g/mol. The molecule has 0 saturated carbocycles. The van der Waals surface area contributed by atoms with Crippen LogP contribution in [0.2, 0.25) is 0 Å². The summed E-state index contributed by atoms with van der Waals surface area (Å²) in [5.74, 6) is 0. The Morgan fingerprint density at radius 1 is 0.556 bits per heavy atom. The van der Waals surface area contributed by atoms with Crippen LogP contribution in [-0.4, -0.2) is 5.71 Å². The molecule has 0 radical (unpaired) electrons. The first-order chi connectivity index (χ1) is 30.3. The fraction of sp³-hybridized carbons (Fsp3) is 0.161. The summed E-state index contributed by atoms with van der Waals surface area (Å²) in [7, 11) is -4.94. The number of halogens is 1. The van der Waals surface area contributed by atoms with Crippen LogP contribution in [0.1, 0.15) is 63.6 Å². The molecule has 7 heteroatoms. The molecule has 7 aromatic carbocycles. The number of allylic oxidation sites excluding steroid dienone is 8. The lowest BCUT2D eigenvalue weighted by molar-refractivity contribution is -2.00. The number of hydrogen-bond acceptors (Lipinski definition) is 5. The zero-order chi connectivity index (χ0) is 43.9. The van der Waals surface area contributed by atoms with Crippen LogP contribution in [0.4, 0.5) is 22.7 Å². The van der Waals surface area contributed by atoms with Crippen molar-refractivity contribution in [2.75, 3.05) is 4.90 Å². The summed E-state index contributed by atoms with van der Waals surface area (Å²) in [5, 5.41) is 5.21. The molecule has 10 rings (SSSR count). The molecule has 314 valence electrons. The number of rotatable bonds is 6. The van der Waals surface area contributed by atoms with E-state index in [-0.39, 0.29) is 10.8 Å². The van der Waals surface area contributed by atoms with Crippen molar-refractivity contribution in [3.63, 3.8) is 0 Å². The maximum Gasteiger partial charge on any atom is 0.216 e. The molecule has 0 spiro atoms. The molecule has 0 amide bonds. The first-order valence-electron chi connectivity index (χ1n) is 21.4. The SMILES string of the molecule is CC1(C)C(/C=C/C2=C(c3ccccc3)C(=C/C=C3/N(c4ccccc4)c4ccc5ccccc5c4C3(C)C)/CCC2)=[N+](c2ccccc2)c2ccc3ccccc3c21.[O-][Cl+3]([O-])([O-])[O-]. The van der Waals surface area contributed by atoms with Crippen LogP contribution in [-0.2, 0) is 10.8 Å². The smallest absolute Gasteiger partial charge is 0.216 e. The molecule has 0 N–H and O–H groups in total. The van der Waals surface area contributed by atoms with E-state index in [4.69, 9.17) is 18.6 Å². The maximum atomic E-state index is 8.49. The number of fused-ring (bicyclic) bond motifs is 6. The number of nitrogens with zero attached hydrogens (tertiary/aromatic N) is 2. The van der Waals surface area contributed by atoms with Crippen molar-refractivity contribution in [1.29, 1.82) is 0 Å². The highest BCUT2D eigenvalue weighted by Crippen LogP contribution is 2.54. The zero-order valence-corrected chi connectivity index (χ0v) is 36.7. The third-order valence-electron chi connectivity index (χ3n) is 12.8. The standard InChI is InChI=1S/C56H49N2.ClHO4/c1-55(2)50(57(44-25-10-6-11-26-44)48-35-31-39-19-14-16-29-46(39)53(48)55)37-33-42-23-18-24-43(52(42)41-21-8-5-9-22-41)34-38-51-56(3,4)54-47-30-17-15-20-40(47)32-36-49(54)58(51)45-27-12-7-13-28-45;2-1(3,4)5/h5-17,19-22,25-38H,18,23-24H2,1-4H3;(H,2,3,4,5)/q+1;/p-1. The molecule has 0 saturated heterocycles. The van der Waals surface area contributed by atoms with E-state index >= 15 is 0 Å². The normalized spacial score (nSPS) is 18.1. The van der Waals surface area contributed by atoms with Crippen LogP contribution in [0.25, 0.3) is 27.1 Å². The summed E-state index contributed by atoms with van der Waals surface area (Å²) in [6, 6.07) is 59.7. The summed E-state index contributed by atoms with van der Waals surface area (Å²) in [6.45, 7) is 9.59. The molecule has 2 heterocycles. The number of benzene rings is 7. The Morgan fingerprint density at radius 3 is 1.76 bits per heavy atom. The minimum absolute atomic E-state index is 0.220. The second kappa shape index (κ2) is 16.7. The van der Waals surface area contributed by atoms with Crippen molar-refractivity contribution in [3.8, 4) is 0 Å². The minimum Gasteiger partial charge on any atom is -0.313 e. The highest BCUT2D eigenvalue weighted by atomic mass is 35.7. The van der Waals surface area contributed by atoms with Gasteiger partial charge in [0, 0.05) is 46.6 Å². The largest absolute Gasteiger partial charge is 0.313 e. The van der Waals surface area contributed by atoms with Gasteiger partial charge in [0.1, 0.15) is 0 Å². The van der Waals surface area contributed by atoms with Crippen molar-refractivity contribution in [2.24, 2.45) is 0 Å². The van der Waals surface area contributed by atoms with Crippen LogP contribution in [0.3, 0.4) is 0 Å². The van der Waals surface area contributed by atoms with Gasteiger partial charge in [0.05, 0.1) is 11.1 Å². The maximum absolute atomic E-state index is 8.49. The van der Waals surface area contributed by atoms with Crippen molar-refractivity contribution >= 4 is 55.6 Å². The Labute approximate surface area is 371 Å². The fourth-order valence-electron chi connectivity index (χ4n) is 10.2. The summed E-state index contributed by atoms with van der Waals surface area (Å²) >= 11 is 0. The highest BCUT2D eigenvalue weighted by Gasteiger charge is 2.47. The first kappa shape index (κ1) is 41.9. The summed E-state index contributed by atoms with van der Waals surface area (Å²) in [4.78, 5) is 2.49. The number of hydrogen-bond donors (Lipinski definition) is 0. The Hall–Kier alpha value is -6.38. The van der Waals surface area contributed by atoms with Gasteiger partial charge < -0.3 is 4.90 Å². The van der Waals surface area contributed by atoms with E-state index in [1.54, 1.807) is 0 Å². The van der Waals surface area contributed by atoms with Gasteiger partial charge in [-0.1, -0.05) is 147 Å². The molecular formula is C56H49ClN2O4. The molecule has 0 bridgehead atoms. The quantitative estimate of drug-likeness (QED) is 0.155. The highest BCUT2D eigenvalue weighted by molar-refractivity contribution is 6.14. The van der Waals surface area contributed by atoms with Gasteiger partial charge in [-0.15, -0.1) is 10.2 Å². The summed E-state index contributed by atoms with van der Waals surface area (Å²) in [5.41, 5.74) is 15.2. The van der Waals surface area contributed by atoms with Crippen LogP contribution in [0.15, 0.2) is 205 Å². The van der Waals surface area contributed by atoms with Crippen molar-refractivity contribution in [1.82, 2.24) is 4.58 Å². The molecule has 0 unspecified atom stereocenters. The van der Waals surface area contributed by atoms with Crippen molar-refractivity contribution in [2.45, 2.75) is 57.8 Å². The Morgan fingerprint density at radius 2 is 1.11 bits per heavy atom. The predicted octanol–water partition coefficient (Wildman–Crippen LogP) is 9.94. The second-order valence-corrected chi connectivity index (χ2v) is 18.2. The Kier molecular flexibility index (Phi) is 11.1. The lowest BCUT2D eigenvalue weighted by atomic mass is 9.78. The monoisotopic (exact) mass is 848 g/mol. The minimum atomic E-state index is -4.94. The molecule has 2 aliphatic heterocycles. The van der Waals surface area contributed by atoms with Crippen molar-refractivity contribution < 1.29 is 28.9 Å². The summed E-state index contributed by atoms with van der Waals surface area (Å²) in [6.07, 6.45) is 12.9. The molecule has 0 atom stereocenters. The van der Waals surface area contributed by atoms with Gasteiger partial charge in [-0.25, -0.2) is 18.6 Å². The van der Waals surface area contributed by atoms with E-state index in [2.05, 4.69) is 225 Å². The van der Waals surface area contributed by atoms with E-state index in [0.717, 1.165) is 19.3 Å². The predicted molar refractivity (Wildman–Crippen MR) is 248 cm³/mol. The molecule has 0 fully saturated rings. The van der Waals surface area contributed by atoms with Crippen molar-refractivity contribution in [3.05, 3.63) is 222 Å². The van der Waals surface area contributed by atoms with Crippen LogP contribution < -0.4 is 28.1 Å². The van der Waals surface area contributed by atoms with Gasteiger partial charge in [-0.05, 0) is 113 Å². The zero-order valence-electron chi connectivity index (χ0n) is 35.9. The molecule has 0 aromatic heterocycles. The molecule has 3 aliphatic rings. The van der Waals surface area contributed by atoms with E-state index in [1.807, 2.05) is 0 Å². The number of anilines is 2. The molecule has 1 aliphatic carbocycles. The van der Waals surface area contributed by atoms with Gasteiger partial charge in [-0.2, -0.15) is 4.58 Å². The molecule has 7 aromatic rings. The van der Waals surface area contributed by atoms with Gasteiger partial charge >= 0.3 is 0 Å². The van der Waals surface area contributed by atoms with E-state index in [9.17, 15) is 0 Å². The van der Waals surface area contributed by atoms with Gasteiger partial charge in [0.25, 0.3) is 0 Å². The molecule has 63 heavy (non-hydrogen) atoms. The Balaban J connectivity index is 0.000000956. The van der Waals surface area contributed by atoms with Gasteiger partial charge in [-0.3, -0.25) is 0 Å². The average Bonchev–Trinajstić information content (AvgIpc) is 3.66. The lowest BCUT2D eigenvalue weighted by Gasteiger charge is -2.28. The average molecular weight is 849 g/mol. The molecule has 6 nitrogen and oxygen atoms in total. The van der Waals surface area contributed by atoms with Gasteiger partial charge in [0.2, 0.25) is 11.4 Å². The van der Waals surface area contributed by atoms with Crippen LogP contribution in [0, 0.1) is 10.2 Å². The Bertz CT molecular complexity index is 3010. The fourth-order valence-corrected chi connectivity index (χ4v) is 10.2. The van der Waals surface area contributed by atoms with E-state index in [1.165, 1.54) is 89.1 Å². The van der Waals surface area contributed by atoms with Crippen LogP contribution in [0.5, 0.6) is 0 Å². The van der Waals surface area contributed by atoms with Crippen LogP contribution >= 0.6 is 0 Å². The van der Waals surface area contributed by atoms with E-state index in [0.29, 0.717) is 0 Å².